The number of nitrogens with one attached hydrogen (secondary N) is 1. The van der Waals surface area contributed by atoms with Gasteiger partial charge in [-0.25, -0.2) is 0 Å². The number of fused-ring (bicyclic) bond motifs is 1. The molecular weight excluding hydrogens is 356 g/mol. The Balaban J connectivity index is 1.69. The first kappa shape index (κ1) is 16.4. The number of hydrogen-bond acceptors (Lipinski definition) is 5. The second kappa shape index (κ2) is 6.34. The largest absolute Gasteiger partial charge is 0.507 e. The molecule has 8 heteroatoms. The van der Waals surface area contributed by atoms with Gasteiger partial charge in [0.15, 0.2) is 0 Å². The number of phenolic OH excluding ortho intramolecular Hbond substituents is 2. The third kappa shape index (κ3) is 2.76. The van der Waals surface area contributed by atoms with Crippen LogP contribution in [0.5, 0.6) is 11.5 Å². The quantitative estimate of drug-likeness (QED) is 0.643. The van der Waals surface area contributed by atoms with Gasteiger partial charge in [0.2, 0.25) is 0 Å². The van der Waals surface area contributed by atoms with E-state index < -0.39 is 0 Å². The number of aromatic amines is 1. The molecule has 0 bridgehead atoms. The van der Waals surface area contributed by atoms with Crippen molar-refractivity contribution in [3.63, 3.8) is 0 Å². The van der Waals surface area contributed by atoms with Crippen LogP contribution in [-0.2, 0) is 13.0 Å². The van der Waals surface area contributed by atoms with Gasteiger partial charge in [-0.15, -0.1) is 0 Å². The van der Waals surface area contributed by atoms with E-state index in [4.69, 9.17) is 11.6 Å². The number of rotatable bonds is 2. The lowest BCUT2D eigenvalue weighted by molar-refractivity contribution is 0.0734. The summed E-state index contributed by atoms with van der Waals surface area (Å²) >= 11 is 5.97. The molecule has 0 aliphatic carbocycles. The molecule has 132 valence electrons. The van der Waals surface area contributed by atoms with Gasteiger partial charge in [-0.1, -0.05) is 11.6 Å². The fourth-order valence-corrected chi connectivity index (χ4v) is 3.27. The van der Waals surface area contributed by atoms with Crippen LogP contribution in [0.3, 0.4) is 0 Å². The highest BCUT2D eigenvalue weighted by molar-refractivity contribution is 6.32. The molecule has 1 aliphatic heterocycles. The smallest absolute Gasteiger partial charge is 0.255 e. The van der Waals surface area contributed by atoms with Crippen LogP contribution in [0.2, 0.25) is 5.02 Å². The fourth-order valence-electron chi connectivity index (χ4n) is 3.10. The van der Waals surface area contributed by atoms with E-state index in [9.17, 15) is 15.0 Å². The fraction of sp³-hybridized carbons (Fsp3) is 0.167. The van der Waals surface area contributed by atoms with Crippen molar-refractivity contribution in [3.8, 4) is 22.8 Å². The van der Waals surface area contributed by atoms with Gasteiger partial charge < -0.3 is 15.1 Å². The zero-order valence-corrected chi connectivity index (χ0v) is 14.4. The molecule has 3 heterocycles. The zero-order valence-electron chi connectivity index (χ0n) is 13.6. The number of hydrogen-bond donors (Lipinski definition) is 3. The highest BCUT2D eigenvalue weighted by Crippen LogP contribution is 2.39. The number of phenols is 2. The Morgan fingerprint density at radius 1 is 1.27 bits per heavy atom. The van der Waals surface area contributed by atoms with Crippen LogP contribution in [0.4, 0.5) is 0 Å². The van der Waals surface area contributed by atoms with Gasteiger partial charge in [-0.2, -0.15) is 5.10 Å². The predicted molar refractivity (Wildman–Crippen MR) is 95.0 cm³/mol. The van der Waals surface area contributed by atoms with Crippen molar-refractivity contribution >= 4 is 17.5 Å². The first-order valence-electron chi connectivity index (χ1n) is 8.02. The van der Waals surface area contributed by atoms with Crippen LogP contribution in [0.1, 0.15) is 21.6 Å². The van der Waals surface area contributed by atoms with E-state index in [0.717, 1.165) is 11.3 Å². The second-order valence-corrected chi connectivity index (χ2v) is 6.48. The molecule has 0 radical (unpaired) electrons. The maximum atomic E-state index is 12.7. The normalized spacial score (nSPS) is 13.5. The number of benzene rings is 1. The van der Waals surface area contributed by atoms with Crippen molar-refractivity contribution in [1.29, 1.82) is 0 Å². The number of carbonyl (C=O) groups is 1. The highest BCUT2D eigenvalue weighted by Gasteiger charge is 2.27. The van der Waals surface area contributed by atoms with Gasteiger partial charge in [0, 0.05) is 54.8 Å². The first-order valence-corrected chi connectivity index (χ1v) is 8.39. The Labute approximate surface area is 153 Å². The minimum atomic E-state index is -0.203. The van der Waals surface area contributed by atoms with Gasteiger partial charge in [0.05, 0.1) is 10.6 Å². The average Bonchev–Trinajstić information content (AvgIpc) is 3.08. The van der Waals surface area contributed by atoms with Gasteiger partial charge >= 0.3 is 0 Å². The van der Waals surface area contributed by atoms with Crippen molar-refractivity contribution in [2.45, 2.75) is 13.0 Å². The molecule has 0 saturated heterocycles. The Kier molecular flexibility index (Phi) is 4.00. The summed E-state index contributed by atoms with van der Waals surface area (Å²) in [6.07, 6.45) is 3.79. The molecule has 0 unspecified atom stereocenters. The SMILES string of the molecule is O=C(c1cccnc1)N1CCc2[nH]nc(-c3cc(Cl)c(O)cc3O)c2C1. The molecule has 1 amide bonds. The van der Waals surface area contributed by atoms with E-state index in [1.165, 1.54) is 12.1 Å². The molecule has 1 aromatic carbocycles. The Hall–Kier alpha value is -3.06. The Morgan fingerprint density at radius 2 is 2.12 bits per heavy atom. The molecule has 0 fully saturated rings. The highest BCUT2D eigenvalue weighted by atomic mass is 35.5. The molecule has 0 spiro atoms. The van der Waals surface area contributed by atoms with E-state index in [-0.39, 0.29) is 22.4 Å². The van der Waals surface area contributed by atoms with Crippen molar-refractivity contribution < 1.29 is 15.0 Å². The van der Waals surface area contributed by atoms with Gasteiger partial charge in [-0.05, 0) is 18.2 Å². The maximum absolute atomic E-state index is 12.7. The number of nitrogens with zero attached hydrogens (tertiary/aromatic N) is 3. The summed E-state index contributed by atoms with van der Waals surface area (Å²) in [6, 6.07) is 6.10. The lowest BCUT2D eigenvalue weighted by Gasteiger charge is -2.27. The molecule has 7 nitrogen and oxygen atoms in total. The molecule has 1 aliphatic rings. The van der Waals surface area contributed by atoms with Gasteiger partial charge in [-0.3, -0.25) is 14.9 Å². The van der Waals surface area contributed by atoms with Gasteiger partial charge in [0.1, 0.15) is 17.2 Å². The molecule has 0 saturated carbocycles. The molecule has 4 rings (SSSR count). The molecule has 0 atom stereocenters. The molecule has 2 aromatic heterocycles. The summed E-state index contributed by atoms with van der Waals surface area (Å²) < 4.78 is 0. The lowest BCUT2D eigenvalue weighted by Crippen LogP contribution is -2.36. The summed E-state index contributed by atoms with van der Waals surface area (Å²) in [5, 5.41) is 27.2. The van der Waals surface area contributed by atoms with Crippen molar-refractivity contribution in [3.05, 3.63) is 58.5 Å². The van der Waals surface area contributed by atoms with E-state index in [1.807, 2.05) is 0 Å². The molecular formula is C18H15ClN4O3. The van der Waals surface area contributed by atoms with E-state index in [1.54, 1.807) is 29.4 Å². The van der Waals surface area contributed by atoms with Crippen LogP contribution in [-0.4, -0.2) is 42.7 Å². The van der Waals surface area contributed by atoms with Gasteiger partial charge in [0.25, 0.3) is 5.91 Å². The minimum Gasteiger partial charge on any atom is -0.507 e. The molecule has 26 heavy (non-hydrogen) atoms. The van der Waals surface area contributed by atoms with Crippen molar-refractivity contribution in [2.24, 2.45) is 0 Å². The summed E-state index contributed by atoms with van der Waals surface area (Å²) in [5.74, 6) is -0.438. The number of carbonyl (C=O) groups excluding carboxylic acids is 1. The average molecular weight is 371 g/mol. The van der Waals surface area contributed by atoms with Crippen LogP contribution in [0.15, 0.2) is 36.7 Å². The number of aromatic nitrogens is 3. The van der Waals surface area contributed by atoms with Crippen LogP contribution < -0.4 is 0 Å². The number of amides is 1. The van der Waals surface area contributed by atoms with E-state index in [2.05, 4.69) is 15.2 Å². The second-order valence-electron chi connectivity index (χ2n) is 6.07. The number of H-pyrrole nitrogens is 1. The van der Waals surface area contributed by atoms with Crippen molar-refractivity contribution in [2.75, 3.05) is 6.54 Å². The predicted octanol–water partition coefficient (Wildman–Crippen LogP) is 2.73. The lowest BCUT2D eigenvalue weighted by atomic mass is 9.99. The minimum absolute atomic E-state index is 0.108. The number of halogens is 1. The topological polar surface area (TPSA) is 102 Å². The standard InChI is InChI=1S/C18H15ClN4O3/c19-13-6-11(15(24)7-16(13)25)17-12-9-23(5-3-14(12)21-22-17)18(26)10-2-1-4-20-8-10/h1-2,4,6-8,24-25H,3,5,9H2,(H,21,22). The summed E-state index contributed by atoms with van der Waals surface area (Å²) in [5.41, 5.74) is 3.19. The molecule has 3 aromatic rings. The van der Waals surface area contributed by atoms with E-state index >= 15 is 0 Å². The first-order chi connectivity index (χ1) is 12.5. The summed E-state index contributed by atoms with van der Waals surface area (Å²) in [6.45, 7) is 0.914. The van der Waals surface area contributed by atoms with Crippen LogP contribution in [0.25, 0.3) is 11.3 Å². The third-order valence-electron chi connectivity index (χ3n) is 4.45. The van der Waals surface area contributed by atoms with E-state index in [0.29, 0.717) is 36.3 Å². The Bertz CT molecular complexity index is 988. The number of pyridine rings is 1. The molecule has 3 N–H and O–H groups in total. The number of aromatic hydroxyl groups is 2. The Morgan fingerprint density at radius 3 is 2.88 bits per heavy atom. The van der Waals surface area contributed by atoms with Crippen molar-refractivity contribution in [1.82, 2.24) is 20.1 Å². The summed E-state index contributed by atoms with van der Waals surface area (Å²) in [4.78, 5) is 18.4. The monoisotopic (exact) mass is 370 g/mol. The summed E-state index contributed by atoms with van der Waals surface area (Å²) in [7, 11) is 0. The third-order valence-corrected chi connectivity index (χ3v) is 4.75. The zero-order chi connectivity index (χ0) is 18.3. The van der Waals surface area contributed by atoms with Crippen LogP contribution in [0, 0.1) is 0 Å². The van der Waals surface area contributed by atoms with Crippen LogP contribution >= 0.6 is 11.6 Å². The maximum Gasteiger partial charge on any atom is 0.255 e.